The molecule has 1 amide bonds. The number of piperazine rings is 1. The smallest absolute Gasteiger partial charge is 0.219 e. The second-order valence-corrected chi connectivity index (χ2v) is 13.4. The van der Waals surface area contributed by atoms with E-state index >= 15 is 0 Å². The van der Waals surface area contributed by atoms with Gasteiger partial charge in [0.05, 0.1) is 11.0 Å². The van der Waals surface area contributed by atoms with Gasteiger partial charge in [-0.25, -0.2) is 19.9 Å². The lowest BCUT2D eigenvalue weighted by Crippen LogP contribution is -2.46. The molecule has 6 rings (SSSR count). The molecule has 10 heteroatoms. The Bertz CT molecular complexity index is 1600. The summed E-state index contributed by atoms with van der Waals surface area (Å²) in [7, 11) is 0. The summed E-state index contributed by atoms with van der Waals surface area (Å²) in [4.78, 5) is 36.7. The predicted octanol–water partition coefficient (Wildman–Crippen LogP) is 5.42. The van der Waals surface area contributed by atoms with Crippen LogP contribution in [0.25, 0.3) is 21.8 Å². The number of hydrogen-bond acceptors (Lipinski definition) is 9. The Labute approximate surface area is 260 Å². The highest BCUT2D eigenvalue weighted by molar-refractivity contribution is 5.92. The number of anilines is 4. The maximum Gasteiger partial charge on any atom is 0.219 e. The zero-order valence-corrected chi connectivity index (χ0v) is 26.5. The van der Waals surface area contributed by atoms with Crippen molar-refractivity contribution in [1.29, 1.82) is 0 Å². The van der Waals surface area contributed by atoms with Gasteiger partial charge in [0.15, 0.2) is 0 Å². The molecule has 4 heterocycles. The van der Waals surface area contributed by atoms with E-state index in [9.17, 15) is 4.79 Å². The molecule has 4 aromatic rings. The standard InChI is InChI=1S/C34H45N9O/c1-24(44)41-13-10-25(11-14-41)9-12-35-32-28-7-5-26(19-30(28)37-22-39-32)42-15-17-43(18-16-42)27-6-8-29-31(20-27)38-23-40-33(29)36-21-34(2,3)4/h5-8,19-20,22-23,25H,9-18,21H2,1-4H3,(H,35,37,39)(H,36,38,40). The van der Waals surface area contributed by atoms with Crippen molar-refractivity contribution in [2.75, 3.05) is 72.8 Å². The van der Waals surface area contributed by atoms with Crippen LogP contribution in [0.1, 0.15) is 47.0 Å². The molecule has 2 aromatic heterocycles. The quantitative estimate of drug-likeness (QED) is 0.277. The molecule has 2 aromatic carbocycles. The molecule has 0 radical (unpaired) electrons. The third kappa shape index (κ3) is 6.95. The average molecular weight is 596 g/mol. The van der Waals surface area contributed by atoms with Crippen molar-refractivity contribution in [3.63, 3.8) is 0 Å². The summed E-state index contributed by atoms with van der Waals surface area (Å²) >= 11 is 0. The lowest BCUT2D eigenvalue weighted by molar-refractivity contribution is -0.130. The summed E-state index contributed by atoms with van der Waals surface area (Å²) in [5.74, 6) is 2.62. The number of aromatic nitrogens is 4. The molecule has 0 atom stereocenters. The van der Waals surface area contributed by atoms with E-state index in [1.807, 2.05) is 4.90 Å². The summed E-state index contributed by atoms with van der Waals surface area (Å²) in [5.41, 5.74) is 4.49. The highest BCUT2D eigenvalue weighted by Gasteiger charge is 2.22. The van der Waals surface area contributed by atoms with Crippen molar-refractivity contribution >= 4 is 50.7 Å². The van der Waals surface area contributed by atoms with Crippen LogP contribution in [-0.4, -0.2) is 83.1 Å². The van der Waals surface area contributed by atoms with Gasteiger partial charge < -0.3 is 25.3 Å². The molecule has 0 saturated carbocycles. The first kappa shape index (κ1) is 29.8. The van der Waals surface area contributed by atoms with Gasteiger partial charge in [-0.1, -0.05) is 20.8 Å². The first-order chi connectivity index (χ1) is 21.2. The number of carbonyl (C=O) groups is 1. The van der Waals surface area contributed by atoms with Crippen molar-refractivity contribution in [2.45, 2.75) is 47.0 Å². The van der Waals surface area contributed by atoms with Crippen LogP contribution in [0.2, 0.25) is 0 Å². The van der Waals surface area contributed by atoms with Gasteiger partial charge in [-0.05, 0) is 67.0 Å². The second kappa shape index (κ2) is 12.8. The minimum atomic E-state index is 0.172. The highest BCUT2D eigenvalue weighted by Crippen LogP contribution is 2.29. The average Bonchev–Trinajstić information content (AvgIpc) is 3.03. The van der Waals surface area contributed by atoms with E-state index in [1.165, 1.54) is 11.4 Å². The van der Waals surface area contributed by atoms with Crippen LogP contribution < -0.4 is 20.4 Å². The van der Waals surface area contributed by atoms with E-state index in [0.717, 1.165) is 105 Å². The number of benzene rings is 2. The SMILES string of the molecule is CC(=O)N1CCC(CCNc2ncnc3cc(N4CCN(c5ccc6c(NCC(C)(C)C)ncnc6c5)CC4)ccc23)CC1. The Morgan fingerprint density at radius 2 is 1.30 bits per heavy atom. The van der Waals surface area contributed by atoms with Crippen molar-refractivity contribution in [3.05, 3.63) is 49.1 Å². The number of fused-ring (bicyclic) bond motifs is 2. The maximum atomic E-state index is 11.6. The minimum absolute atomic E-state index is 0.172. The largest absolute Gasteiger partial charge is 0.369 e. The zero-order valence-electron chi connectivity index (χ0n) is 26.5. The van der Waals surface area contributed by atoms with Crippen molar-refractivity contribution in [3.8, 4) is 0 Å². The van der Waals surface area contributed by atoms with Crippen LogP contribution in [0.3, 0.4) is 0 Å². The summed E-state index contributed by atoms with van der Waals surface area (Å²) in [6.45, 7) is 15.5. The predicted molar refractivity (Wildman–Crippen MR) is 180 cm³/mol. The van der Waals surface area contributed by atoms with E-state index in [0.29, 0.717) is 5.92 Å². The van der Waals surface area contributed by atoms with Gasteiger partial charge >= 0.3 is 0 Å². The van der Waals surface area contributed by atoms with Crippen LogP contribution in [0.4, 0.5) is 23.0 Å². The number of carbonyl (C=O) groups excluding carboxylic acids is 1. The molecule has 0 aliphatic carbocycles. The molecular weight excluding hydrogens is 550 g/mol. The van der Waals surface area contributed by atoms with E-state index < -0.39 is 0 Å². The number of rotatable bonds is 8. The van der Waals surface area contributed by atoms with E-state index in [2.05, 4.69) is 97.5 Å². The molecule has 0 unspecified atom stereocenters. The molecule has 2 N–H and O–H groups in total. The van der Waals surface area contributed by atoms with Gasteiger partial charge in [0.1, 0.15) is 24.3 Å². The molecule has 0 spiro atoms. The Balaban J connectivity index is 1.05. The number of hydrogen-bond donors (Lipinski definition) is 2. The second-order valence-electron chi connectivity index (χ2n) is 13.4. The van der Waals surface area contributed by atoms with Crippen molar-refractivity contribution in [1.82, 2.24) is 24.8 Å². The van der Waals surface area contributed by atoms with Crippen LogP contribution >= 0.6 is 0 Å². The van der Waals surface area contributed by atoms with Gasteiger partial charge in [-0.15, -0.1) is 0 Å². The molecule has 2 aliphatic heterocycles. The van der Waals surface area contributed by atoms with Crippen LogP contribution in [0.15, 0.2) is 49.1 Å². The molecule has 2 fully saturated rings. The fourth-order valence-electron chi connectivity index (χ4n) is 6.27. The minimum Gasteiger partial charge on any atom is -0.369 e. The van der Waals surface area contributed by atoms with Gasteiger partial charge in [0.25, 0.3) is 0 Å². The Morgan fingerprint density at radius 1 is 0.773 bits per heavy atom. The third-order valence-corrected chi connectivity index (χ3v) is 8.94. The molecule has 2 aliphatic rings. The molecule has 44 heavy (non-hydrogen) atoms. The van der Waals surface area contributed by atoms with E-state index in [1.54, 1.807) is 19.6 Å². The van der Waals surface area contributed by atoms with Gasteiger partial charge in [0, 0.05) is 81.4 Å². The lowest BCUT2D eigenvalue weighted by atomic mass is 9.93. The Kier molecular flexibility index (Phi) is 8.68. The zero-order chi connectivity index (χ0) is 30.7. The van der Waals surface area contributed by atoms with E-state index in [-0.39, 0.29) is 11.3 Å². The summed E-state index contributed by atoms with van der Waals surface area (Å²) in [6.07, 6.45) is 6.55. The Hall–Kier alpha value is -4.21. The van der Waals surface area contributed by atoms with Crippen LogP contribution in [0.5, 0.6) is 0 Å². The third-order valence-electron chi connectivity index (χ3n) is 8.94. The summed E-state index contributed by atoms with van der Waals surface area (Å²) < 4.78 is 0. The van der Waals surface area contributed by atoms with Gasteiger partial charge in [-0.3, -0.25) is 4.79 Å². The molecule has 0 bridgehead atoms. The van der Waals surface area contributed by atoms with Crippen LogP contribution in [-0.2, 0) is 4.79 Å². The summed E-state index contributed by atoms with van der Waals surface area (Å²) in [6, 6.07) is 13.1. The molecule has 2 saturated heterocycles. The first-order valence-electron chi connectivity index (χ1n) is 16.0. The fraction of sp³-hybridized carbons (Fsp3) is 0.500. The highest BCUT2D eigenvalue weighted by atomic mass is 16.2. The van der Waals surface area contributed by atoms with E-state index in [4.69, 9.17) is 0 Å². The van der Waals surface area contributed by atoms with Crippen LogP contribution in [0, 0.1) is 11.3 Å². The normalized spacial score (nSPS) is 16.5. The van der Waals surface area contributed by atoms with Crippen molar-refractivity contribution < 1.29 is 4.79 Å². The topological polar surface area (TPSA) is 102 Å². The maximum absolute atomic E-state index is 11.6. The van der Waals surface area contributed by atoms with Gasteiger partial charge in [0.2, 0.25) is 5.91 Å². The number of likely N-dealkylation sites (tertiary alicyclic amines) is 1. The monoisotopic (exact) mass is 595 g/mol. The molecule has 10 nitrogen and oxygen atoms in total. The number of amides is 1. The van der Waals surface area contributed by atoms with Gasteiger partial charge in [-0.2, -0.15) is 0 Å². The van der Waals surface area contributed by atoms with Crippen molar-refractivity contribution in [2.24, 2.45) is 11.3 Å². The summed E-state index contributed by atoms with van der Waals surface area (Å²) in [5, 5.41) is 9.16. The first-order valence-corrected chi connectivity index (χ1v) is 16.0. The molecule has 232 valence electrons. The lowest BCUT2D eigenvalue weighted by Gasteiger charge is -2.37. The fourth-order valence-corrected chi connectivity index (χ4v) is 6.27. The number of piperidine rings is 1. The Morgan fingerprint density at radius 3 is 1.80 bits per heavy atom. The molecular formula is C34H45N9O. The number of nitrogens with zero attached hydrogens (tertiary/aromatic N) is 7. The number of nitrogens with one attached hydrogen (secondary N) is 2.